The van der Waals surface area contributed by atoms with Gasteiger partial charge in [0.15, 0.2) is 9.84 Å². The molecule has 0 aliphatic rings. The lowest BCUT2D eigenvalue weighted by Crippen LogP contribution is -2.08. The topological polar surface area (TPSA) is 88.9 Å². The Bertz CT molecular complexity index is 1180. The number of para-hydroxylation sites is 1. The minimum absolute atomic E-state index is 0.0376. The third-order valence-corrected chi connectivity index (χ3v) is 7.04. The molecule has 1 N–H and O–H groups in total. The number of aromatic nitrogens is 3. The van der Waals surface area contributed by atoms with E-state index in [-0.39, 0.29) is 10.6 Å². The molecule has 9 heteroatoms. The van der Waals surface area contributed by atoms with Crippen LogP contribution in [-0.4, -0.2) is 35.1 Å². The molecule has 0 unspecified atom stereocenters. The second kappa shape index (κ2) is 7.38. The van der Waals surface area contributed by atoms with E-state index in [0.717, 1.165) is 16.5 Å². The number of fused-ring (bicyclic) bond motifs is 1. The van der Waals surface area contributed by atoms with Crippen LogP contribution in [0, 0.1) is 0 Å². The van der Waals surface area contributed by atoms with Gasteiger partial charge in [0.1, 0.15) is 0 Å². The molecule has 0 saturated heterocycles. The molecule has 0 fully saturated rings. The largest absolute Gasteiger partial charge is 0.411 e. The predicted octanol–water partition coefficient (Wildman–Crippen LogP) is 4.44. The van der Waals surface area contributed by atoms with Crippen LogP contribution < -0.4 is 0 Å². The van der Waals surface area contributed by atoms with Crippen LogP contribution in [0.4, 0.5) is 0 Å². The van der Waals surface area contributed by atoms with Gasteiger partial charge in [-0.05, 0) is 30.3 Å². The van der Waals surface area contributed by atoms with E-state index in [2.05, 4.69) is 15.2 Å². The molecule has 0 amide bonds. The lowest BCUT2D eigenvalue weighted by Gasteiger charge is -2.03. The number of thioether (sulfide) groups is 1. The Morgan fingerprint density at radius 2 is 1.85 bits per heavy atom. The van der Waals surface area contributed by atoms with Crippen molar-refractivity contribution >= 4 is 44.1 Å². The summed E-state index contributed by atoms with van der Waals surface area (Å²) in [4.78, 5) is 3.41. The molecule has 0 aliphatic carbocycles. The van der Waals surface area contributed by atoms with Gasteiger partial charge >= 0.3 is 0 Å². The van der Waals surface area contributed by atoms with E-state index in [1.165, 1.54) is 23.9 Å². The molecule has 27 heavy (non-hydrogen) atoms. The second-order valence-electron chi connectivity index (χ2n) is 5.74. The maximum atomic E-state index is 12.3. The van der Waals surface area contributed by atoms with Gasteiger partial charge < -0.3 is 9.40 Å². The standard InChI is InChI=1S/C18H14ClN3O3S2/c19-12-5-7-13(8-6-12)27(23,24)10-9-26-18-22-21-17(25-18)15-11-20-16-4-2-1-3-14(15)16/h1-8,11,20H,9-10H2. The van der Waals surface area contributed by atoms with Gasteiger partial charge in [-0.25, -0.2) is 8.42 Å². The Balaban J connectivity index is 1.43. The van der Waals surface area contributed by atoms with E-state index in [0.29, 0.717) is 21.9 Å². The van der Waals surface area contributed by atoms with Crippen LogP contribution in [0.3, 0.4) is 0 Å². The zero-order valence-electron chi connectivity index (χ0n) is 13.9. The minimum Gasteiger partial charge on any atom is -0.411 e. The van der Waals surface area contributed by atoms with Crippen molar-refractivity contribution in [3.63, 3.8) is 0 Å². The number of halogens is 1. The summed E-state index contributed by atoms with van der Waals surface area (Å²) in [5.74, 6) is 0.667. The maximum absolute atomic E-state index is 12.3. The average Bonchev–Trinajstić information content (AvgIpc) is 3.28. The quantitative estimate of drug-likeness (QED) is 0.465. The number of nitrogens with zero attached hydrogens (tertiary/aromatic N) is 2. The molecule has 0 atom stereocenters. The first-order valence-corrected chi connectivity index (χ1v) is 11.1. The molecule has 2 aromatic heterocycles. The fourth-order valence-corrected chi connectivity index (χ4v) is 5.16. The van der Waals surface area contributed by atoms with Gasteiger partial charge in [0, 0.05) is 27.9 Å². The zero-order chi connectivity index (χ0) is 18.9. The van der Waals surface area contributed by atoms with Gasteiger partial charge in [-0.1, -0.05) is 41.6 Å². The van der Waals surface area contributed by atoms with Gasteiger partial charge in [0.25, 0.3) is 11.1 Å². The number of hydrogen-bond acceptors (Lipinski definition) is 6. The molecule has 2 aromatic carbocycles. The highest BCUT2D eigenvalue weighted by Gasteiger charge is 2.17. The van der Waals surface area contributed by atoms with Gasteiger partial charge in [0.2, 0.25) is 0 Å². The molecule has 0 bridgehead atoms. The van der Waals surface area contributed by atoms with Crippen molar-refractivity contribution in [1.82, 2.24) is 15.2 Å². The van der Waals surface area contributed by atoms with Crippen LogP contribution in [0.2, 0.25) is 5.02 Å². The number of benzene rings is 2. The SMILES string of the molecule is O=S(=O)(CCSc1nnc(-c2c[nH]c3ccccc23)o1)c1ccc(Cl)cc1. The number of aromatic amines is 1. The number of hydrogen-bond donors (Lipinski definition) is 1. The molecule has 138 valence electrons. The predicted molar refractivity (Wildman–Crippen MR) is 106 cm³/mol. The van der Waals surface area contributed by atoms with Crippen molar-refractivity contribution in [3.8, 4) is 11.5 Å². The first-order valence-electron chi connectivity index (χ1n) is 8.04. The zero-order valence-corrected chi connectivity index (χ0v) is 16.3. The molecule has 0 saturated carbocycles. The molecular weight excluding hydrogens is 406 g/mol. The molecule has 6 nitrogen and oxygen atoms in total. The molecule has 0 radical (unpaired) electrons. The summed E-state index contributed by atoms with van der Waals surface area (Å²) in [5.41, 5.74) is 1.80. The molecule has 4 aromatic rings. The maximum Gasteiger partial charge on any atom is 0.276 e. The normalized spacial score (nSPS) is 11.9. The monoisotopic (exact) mass is 419 g/mol. The first-order chi connectivity index (χ1) is 13.0. The van der Waals surface area contributed by atoms with Crippen LogP contribution >= 0.6 is 23.4 Å². The highest BCUT2D eigenvalue weighted by atomic mass is 35.5. The number of sulfone groups is 1. The van der Waals surface area contributed by atoms with Crippen LogP contribution in [0.15, 0.2) is 69.3 Å². The van der Waals surface area contributed by atoms with E-state index < -0.39 is 9.84 Å². The molecular formula is C18H14ClN3O3S2. The van der Waals surface area contributed by atoms with E-state index >= 15 is 0 Å². The smallest absolute Gasteiger partial charge is 0.276 e. The van der Waals surface area contributed by atoms with Crippen LogP contribution in [0.25, 0.3) is 22.4 Å². The Morgan fingerprint density at radius 3 is 2.67 bits per heavy atom. The minimum atomic E-state index is -3.39. The van der Waals surface area contributed by atoms with Crippen LogP contribution in [-0.2, 0) is 9.84 Å². The number of nitrogens with one attached hydrogen (secondary N) is 1. The lowest BCUT2D eigenvalue weighted by molar-refractivity contribution is 0.466. The summed E-state index contributed by atoms with van der Waals surface area (Å²) in [6, 6.07) is 13.9. The van der Waals surface area contributed by atoms with E-state index in [4.69, 9.17) is 16.0 Å². The fourth-order valence-electron chi connectivity index (χ4n) is 2.62. The lowest BCUT2D eigenvalue weighted by atomic mass is 10.2. The third-order valence-electron chi connectivity index (χ3n) is 3.98. The van der Waals surface area contributed by atoms with Crippen LogP contribution in [0.1, 0.15) is 0 Å². The van der Waals surface area contributed by atoms with Gasteiger partial charge in [0.05, 0.1) is 16.2 Å². The van der Waals surface area contributed by atoms with Crippen LogP contribution in [0.5, 0.6) is 0 Å². The molecule has 0 aliphatic heterocycles. The molecule has 4 rings (SSSR count). The van der Waals surface area contributed by atoms with Crippen molar-refractivity contribution in [3.05, 3.63) is 59.8 Å². The highest BCUT2D eigenvalue weighted by molar-refractivity contribution is 8.00. The Kier molecular flexibility index (Phi) is 4.94. The summed E-state index contributed by atoms with van der Waals surface area (Å²) >= 11 is 7.01. The summed E-state index contributed by atoms with van der Waals surface area (Å²) < 4.78 is 30.4. The van der Waals surface area contributed by atoms with Crippen molar-refractivity contribution in [1.29, 1.82) is 0 Å². The fraction of sp³-hybridized carbons (Fsp3) is 0.111. The summed E-state index contributed by atoms with van der Waals surface area (Å²) in [7, 11) is -3.39. The van der Waals surface area contributed by atoms with Gasteiger partial charge in [-0.3, -0.25) is 0 Å². The number of rotatable bonds is 6. The van der Waals surface area contributed by atoms with Gasteiger partial charge in [-0.2, -0.15) is 0 Å². The van der Waals surface area contributed by atoms with Crippen molar-refractivity contribution in [2.45, 2.75) is 10.1 Å². The Hall–Kier alpha value is -2.29. The van der Waals surface area contributed by atoms with E-state index in [1.54, 1.807) is 12.1 Å². The summed E-state index contributed by atoms with van der Waals surface area (Å²) in [6.45, 7) is 0. The van der Waals surface area contributed by atoms with Crippen molar-refractivity contribution in [2.75, 3.05) is 11.5 Å². The molecule has 2 heterocycles. The molecule has 0 spiro atoms. The average molecular weight is 420 g/mol. The highest BCUT2D eigenvalue weighted by Crippen LogP contribution is 2.29. The second-order valence-corrected chi connectivity index (χ2v) is 9.33. The summed E-state index contributed by atoms with van der Waals surface area (Å²) in [5, 5.41) is 9.90. The third kappa shape index (κ3) is 3.87. The van der Waals surface area contributed by atoms with Crippen molar-refractivity contribution < 1.29 is 12.8 Å². The first kappa shape index (κ1) is 18.1. The summed E-state index contributed by atoms with van der Waals surface area (Å²) in [6.07, 6.45) is 1.82. The van der Waals surface area contributed by atoms with E-state index in [1.807, 2.05) is 30.5 Å². The number of H-pyrrole nitrogens is 1. The van der Waals surface area contributed by atoms with E-state index in [9.17, 15) is 8.42 Å². The Morgan fingerprint density at radius 1 is 1.07 bits per heavy atom. The van der Waals surface area contributed by atoms with Gasteiger partial charge in [-0.15, -0.1) is 10.2 Å². The van der Waals surface area contributed by atoms with Crippen molar-refractivity contribution in [2.24, 2.45) is 0 Å². The Labute approximate surface area is 164 Å².